The summed E-state index contributed by atoms with van der Waals surface area (Å²) in [5, 5.41) is 5.24. The number of carbonyl (C=O) groups excluding carboxylic acids is 1. The Hall–Kier alpha value is -2.61. The van der Waals surface area contributed by atoms with Gasteiger partial charge >= 0.3 is 0 Å². The molecule has 162 valence electrons. The molecule has 31 heavy (non-hydrogen) atoms. The van der Waals surface area contributed by atoms with Gasteiger partial charge in [0.05, 0.1) is 16.5 Å². The summed E-state index contributed by atoms with van der Waals surface area (Å²) in [6.07, 6.45) is 0. The number of halogens is 1. The predicted octanol–water partition coefficient (Wildman–Crippen LogP) is 3.38. The van der Waals surface area contributed by atoms with Crippen LogP contribution in [0.1, 0.15) is 10.4 Å². The number of sulfonamides is 1. The first-order chi connectivity index (χ1) is 15.0. The van der Waals surface area contributed by atoms with Crippen molar-refractivity contribution < 1.29 is 13.2 Å². The fourth-order valence-electron chi connectivity index (χ4n) is 3.86. The zero-order chi connectivity index (χ0) is 21.8. The molecule has 1 amide bonds. The summed E-state index contributed by atoms with van der Waals surface area (Å²) in [6, 6.07) is 20.7. The Kier molecular flexibility index (Phi) is 6.46. The van der Waals surface area contributed by atoms with Gasteiger partial charge in [0.1, 0.15) is 0 Å². The number of hydrogen-bond donors (Lipinski definition) is 1. The van der Waals surface area contributed by atoms with E-state index in [4.69, 9.17) is 11.6 Å². The van der Waals surface area contributed by atoms with Gasteiger partial charge in [0.2, 0.25) is 10.0 Å². The molecular formula is C23H24ClN3O3S. The van der Waals surface area contributed by atoms with Gasteiger partial charge in [-0.3, -0.25) is 4.79 Å². The third kappa shape index (κ3) is 4.84. The highest BCUT2D eigenvalue weighted by molar-refractivity contribution is 7.89. The number of amides is 1. The number of nitrogens with one attached hydrogen (secondary N) is 1. The van der Waals surface area contributed by atoms with Gasteiger partial charge in [-0.25, -0.2) is 8.42 Å². The third-order valence-corrected chi connectivity index (χ3v) is 7.70. The molecule has 3 aromatic carbocycles. The Labute approximate surface area is 187 Å². The maximum absolute atomic E-state index is 12.8. The van der Waals surface area contributed by atoms with E-state index >= 15 is 0 Å². The number of nitrogens with zero attached hydrogens (tertiary/aromatic N) is 2. The highest BCUT2D eigenvalue weighted by Crippen LogP contribution is 2.26. The van der Waals surface area contributed by atoms with Crippen molar-refractivity contribution in [3.8, 4) is 0 Å². The zero-order valence-electron chi connectivity index (χ0n) is 17.0. The van der Waals surface area contributed by atoms with Crippen LogP contribution in [0.5, 0.6) is 0 Å². The van der Waals surface area contributed by atoms with E-state index in [9.17, 15) is 13.2 Å². The molecule has 0 unspecified atom stereocenters. The lowest BCUT2D eigenvalue weighted by atomic mass is 10.0. The van der Waals surface area contributed by atoms with Crippen molar-refractivity contribution in [1.29, 1.82) is 0 Å². The Morgan fingerprint density at radius 1 is 0.903 bits per heavy atom. The monoisotopic (exact) mass is 457 g/mol. The third-order valence-electron chi connectivity index (χ3n) is 5.51. The van der Waals surface area contributed by atoms with E-state index in [0.29, 0.717) is 36.8 Å². The SMILES string of the molecule is O=C(NCCS(=O)(=O)N1CCN(c2ccccc2Cl)CC1)c1cccc2ccccc12. The molecule has 0 aromatic heterocycles. The maximum Gasteiger partial charge on any atom is 0.251 e. The largest absolute Gasteiger partial charge is 0.368 e. The van der Waals surface area contributed by atoms with Crippen molar-refractivity contribution in [3.05, 3.63) is 77.3 Å². The topological polar surface area (TPSA) is 69.7 Å². The van der Waals surface area contributed by atoms with Crippen LogP contribution < -0.4 is 10.2 Å². The molecule has 1 fully saturated rings. The number of fused-ring (bicyclic) bond motifs is 1. The van der Waals surface area contributed by atoms with Crippen LogP contribution >= 0.6 is 11.6 Å². The highest BCUT2D eigenvalue weighted by Gasteiger charge is 2.27. The zero-order valence-corrected chi connectivity index (χ0v) is 18.6. The molecule has 0 atom stereocenters. The van der Waals surface area contributed by atoms with E-state index in [1.54, 1.807) is 6.07 Å². The number of hydrogen-bond acceptors (Lipinski definition) is 4. The van der Waals surface area contributed by atoms with Gasteiger partial charge in [0.15, 0.2) is 0 Å². The Morgan fingerprint density at radius 2 is 1.58 bits per heavy atom. The molecule has 0 saturated carbocycles. The first-order valence-electron chi connectivity index (χ1n) is 10.2. The molecule has 0 radical (unpaired) electrons. The fourth-order valence-corrected chi connectivity index (χ4v) is 5.45. The Morgan fingerprint density at radius 3 is 2.35 bits per heavy atom. The van der Waals surface area contributed by atoms with Crippen molar-refractivity contribution in [3.63, 3.8) is 0 Å². The maximum atomic E-state index is 12.8. The molecule has 1 aliphatic rings. The number of para-hydroxylation sites is 1. The van der Waals surface area contributed by atoms with Crippen LogP contribution in [0.25, 0.3) is 10.8 Å². The van der Waals surface area contributed by atoms with Crippen LogP contribution in [0, 0.1) is 0 Å². The minimum Gasteiger partial charge on any atom is -0.368 e. The van der Waals surface area contributed by atoms with Crippen LogP contribution in [0.4, 0.5) is 5.69 Å². The average molecular weight is 458 g/mol. The van der Waals surface area contributed by atoms with Crippen LogP contribution in [-0.4, -0.2) is 57.1 Å². The number of anilines is 1. The molecule has 6 nitrogen and oxygen atoms in total. The summed E-state index contributed by atoms with van der Waals surface area (Å²) >= 11 is 6.26. The second kappa shape index (κ2) is 9.26. The number of benzene rings is 3. The fraction of sp³-hybridized carbons (Fsp3) is 0.261. The van der Waals surface area contributed by atoms with E-state index in [1.165, 1.54) is 4.31 Å². The van der Waals surface area contributed by atoms with Crippen LogP contribution in [-0.2, 0) is 10.0 Å². The average Bonchev–Trinajstić information content (AvgIpc) is 2.79. The second-order valence-corrected chi connectivity index (χ2v) is 9.93. The van der Waals surface area contributed by atoms with Crippen LogP contribution in [0.15, 0.2) is 66.7 Å². The van der Waals surface area contributed by atoms with Crippen LogP contribution in [0.2, 0.25) is 5.02 Å². The van der Waals surface area contributed by atoms with E-state index in [0.717, 1.165) is 16.5 Å². The van der Waals surface area contributed by atoms with Crippen molar-refractivity contribution in [2.24, 2.45) is 0 Å². The van der Waals surface area contributed by atoms with Gasteiger partial charge in [0, 0.05) is 38.3 Å². The first kappa shape index (κ1) is 21.6. The van der Waals surface area contributed by atoms with Crippen molar-refractivity contribution in [2.45, 2.75) is 0 Å². The molecule has 3 aromatic rings. The minimum atomic E-state index is -3.46. The van der Waals surface area contributed by atoms with Gasteiger partial charge in [-0.2, -0.15) is 4.31 Å². The smallest absolute Gasteiger partial charge is 0.251 e. The lowest BCUT2D eigenvalue weighted by molar-refractivity contribution is 0.0957. The lowest BCUT2D eigenvalue weighted by Crippen LogP contribution is -2.50. The quantitative estimate of drug-likeness (QED) is 0.616. The molecule has 1 aliphatic heterocycles. The minimum absolute atomic E-state index is 0.0646. The number of carbonyl (C=O) groups is 1. The summed E-state index contributed by atoms with van der Waals surface area (Å²) < 4.78 is 27.0. The summed E-state index contributed by atoms with van der Waals surface area (Å²) in [5.41, 5.74) is 1.47. The first-order valence-corrected chi connectivity index (χ1v) is 12.2. The lowest BCUT2D eigenvalue weighted by Gasteiger charge is -2.35. The Bertz CT molecular complexity index is 1190. The van der Waals surface area contributed by atoms with E-state index in [1.807, 2.05) is 60.7 Å². The number of piperazine rings is 1. The van der Waals surface area contributed by atoms with Crippen molar-refractivity contribution >= 4 is 44.0 Å². The van der Waals surface area contributed by atoms with Gasteiger partial charge in [-0.1, -0.05) is 60.1 Å². The van der Waals surface area contributed by atoms with Gasteiger partial charge < -0.3 is 10.2 Å². The summed E-state index contributed by atoms with van der Waals surface area (Å²) in [7, 11) is -3.46. The summed E-state index contributed by atoms with van der Waals surface area (Å²) in [4.78, 5) is 14.7. The number of rotatable bonds is 6. The summed E-state index contributed by atoms with van der Waals surface area (Å²) in [6.45, 7) is 2.00. The van der Waals surface area contributed by atoms with E-state index in [2.05, 4.69) is 10.2 Å². The molecule has 1 saturated heterocycles. The van der Waals surface area contributed by atoms with Crippen molar-refractivity contribution in [1.82, 2.24) is 9.62 Å². The van der Waals surface area contributed by atoms with E-state index in [-0.39, 0.29) is 18.2 Å². The molecule has 0 bridgehead atoms. The standard InChI is InChI=1S/C23H24ClN3O3S/c24-21-10-3-4-11-22(21)26-13-15-27(16-14-26)31(29,30)17-12-25-23(28)20-9-5-7-18-6-1-2-8-19(18)20/h1-11H,12-17H2,(H,25,28). The molecular weight excluding hydrogens is 434 g/mol. The van der Waals surface area contributed by atoms with Gasteiger partial charge in [0.25, 0.3) is 5.91 Å². The normalized spacial score (nSPS) is 15.2. The summed E-state index contributed by atoms with van der Waals surface area (Å²) in [5.74, 6) is -0.397. The highest BCUT2D eigenvalue weighted by atomic mass is 35.5. The molecule has 1 heterocycles. The van der Waals surface area contributed by atoms with Gasteiger partial charge in [-0.15, -0.1) is 0 Å². The predicted molar refractivity (Wildman–Crippen MR) is 125 cm³/mol. The van der Waals surface area contributed by atoms with Crippen molar-refractivity contribution in [2.75, 3.05) is 43.4 Å². The second-order valence-electron chi connectivity index (χ2n) is 7.44. The molecule has 8 heteroatoms. The molecule has 0 aliphatic carbocycles. The molecule has 0 spiro atoms. The molecule has 4 rings (SSSR count). The van der Waals surface area contributed by atoms with Gasteiger partial charge in [-0.05, 0) is 29.0 Å². The van der Waals surface area contributed by atoms with Crippen LogP contribution in [0.3, 0.4) is 0 Å². The van der Waals surface area contributed by atoms with E-state index < -0.39 is 10.0 Å². The Balaban J connectivity index is 1.32. The molecule has 1 N–H and O–H groups in total.